The van der Waals surface area contributed by atoms with Crippen molar-refractivity contribution in [2.24, 2.45) is 0 Å². The van der Waals surface area contributed by atoms with Gasteiger partial charge in [0.15, 0.2) is 5.83 Å². The molecule has 1 aromatic rings. The molecule has 31 heavy (non-hydrogen) atoms. The van der Waals surface area contributed by atoms with E-state index in [0.717, 1.165) is 30.0 Å². The fourth-order valence-corrected chi connectivity index (χ4v) is 4.57. The molecule has 3 aliphatic rings. The lowest BCUT2D eigenvalue weighted by Crippen LogP contribution is -2.55. The number of amides is 1. The Morgan fingerprint density at radius 3 is 2.87 bits per heavy atom. The first-order chi connectivity index (χ1) is 15.0. The van der Waals surface area contributed by atoms with Crippen molar-refractivity contribution < 1.29 is 13.9 Å². The summed E-state index contributed by atoms with van der Waals surface area (Å²) in [7, 11) is 2.10. The fourth-order valence-electron chi connectivity index (χ4n) is 4.57. The zero-order valence-corrected chi connectivity index (χ0v) is 17.8. The number of anilines is 1. The van der Waals surface area contributed by atoms with E-state index in [1.54, 1.807) is 0 Å². The van der Waals surface area contributed by atoms with Crippen LogP contribution in [-0.2, 0) is 17.9 Å². The van der Waals surface area contributed by atoms with E-state index in [4.69, 9.17) is 9.72 Å². The van der Waals surface area contributed by atoms with Crippen molar-refractivity contribution in [3.63, 3.8) is 0 Å². The van der Waals surface area contributed by atoms with Crippen molar-refractivity contribution in [1.82, 2.24) is 25.1 Å². The Labute approximate surface area is 181 Å². The highest BCUT2D eigenvalue weighted by molar-refractivity contribution is 5.91. The fraction of sp³-hybridized carbons (Fsp3) is 0.619. The highest BCUT2D eigenvalue weighted by atomic mass is 19.1. The van der Waals surface area contributed by atoms with E-state index < -0.39 is 17.8 Å². The lowest BCUT2D eigenvalue weighted by Gasteiger charge is -2.41. The molecule has 166 valence electrons. The maximum Gasteiger partial charge on any atom is 0.318 e. The van der Waals surface area contributed by atoms with Gasteiger partial charge in [0, 0.05) is 44.3 Å². The van der Waals surface area contributed by atoms with Gasteiger partial charge in [-0.25, -0.2) is 4.39 Å². The number of halogens is 1. The topological polar surface area (TPSA) is 97.6 Å². The number of likely N-dealkylation sites (N-methyl/N-ethyl adjacent to an activating group) is 1. The molecule has 2 atom stereocenters. The molecular formula is C21H28FN7O2. The van der Waals surface area contributed by atoms with E-state index in [-0.39, 0.29) is 6.42 Å². The summed E-state index contributed by atoms with van der Waals surface area (Å²) in [5, 5.41) is 12.5. The molecule has 4 heterocycles. The van der Waals surface area contributed by atoms with E-state index in [2.05, 4.69) is 39.8 Å². The summed E-state index contributed by atoms with van der Waals surface area (Å²) in [6.45, 7) is 7.19. The van der Waals surface area contributed by atoms with Gasteiger partial charge in [-0.2, -0.15) is 15.2 Å². The SMILES string of the molecule is C=C(F)C(=O)N1CCN(c2nc(OC[C@@H]3CCCN3C)nc3c2CNC3)C[C@@H]1CC#N. The van der Waals surface area contributed by atoms with E-state index in [9.17, 15) is 14.4 Å². The molecule has 1 N–H and O–H groups in total. The zero-order valence-electron chi connectivity index (χ0n) is 17.8. The molecule has 2 fully saturated rings. The quantitative estimate of drug-likeness (QED) is 0.668. The lowest BCUT2D eigenvalue weighted by molar-refractivity contribution is -0.131. The Bertz CT molecular complexity index is 902. The highest BCUT2D eigenvalue weighted by Crippen LogP contribution is 2.30. The summed E-state index contributed by atoms with van der Waals surface area (Å²) in [6, 6.07) is 2.39. The van der Waals surface area contributed by atoms with Gasteiger partial charge in [0.1, 0.15) is 12.4 Å². The first-order valence-electron chi connectivity index (χ1n) is 10.7. The van der Waals surface area contributed by atoms with Gasteiger partial charge in [-0.15, -0.1) is 0 Å². The molecule has 0 saturated carbocycles. The number of hydrogen-bond acceptors (Lipinski definition) is 8. The second-order valence-electron chi connectivity index (χ2n) is 8.31. The normalized spacial score (nSPS) is 23.5. The van der Waals surface area contributed by atoms with Gasteiger partial charge in [0.25, 0.3) is 5.91 Å². The van der Waals surface area contributed by atoms with Crippen molar-refractivity contribution in [2.45, 2.75) is 44.4 Å². The summed E-state index contributed by atoms with van der Waals surface area (Å²) < 4.78 is 19.4. The van der Waals surface area contributed by atoms with Crippen LogP contribution < -0.4 is 15.0 Å². The third-order valence-corrected chi connectivity index (χ3v) is 6.32. The molecule has 10 heteroatoms. The number of nitriles is 1. The number of nitrogens with one attached hydrogen (secondary N) is 1. The summed E-state index contributed by atoms with van der Waals surface area (Å²) in [4.78, 5) is 27.2. The standard InChI is InChI=1S/C21H28FN7O2/c1-14(22)20(30)29-9-8-28(12-15(29)5-6-23)19-17-10-24-11-18(17)25-21(26-19)31-13-16-4-3-7-27(16)2/h15-16,24H,1,3-5,7-13H2,2H3/t15-,16-/m0/s1. The Kier molecular flexibility index (Phi) is 6.34. The average molecular weight is 430 g/mol. The summed E-state index contributed by atoms with van der Waals surface area (Å²) in [5.41, 5.74) is 1.92. The van der Waals surface area contributed by atoms with Crippen molar-refractivity contribution >= 4 is 11.7 Å². The Hall–Kier alpha value is -2.77. The molecule has 0 bridgehead atoms. The molecule has 0 unspecified atom stereocenters. The monoisotopic (exact) mass is 429 g/mol. The van der Waals surface area contributed by atoms with Gasteiger partial charge in [0.2, 0.25) is 0 Å². The molecule has 2 saturated heterocycles. The molecule has 0 aromatic carbocycles. The number of rotatable bonds is 6. The molecule has 0 radical (unpaired) electrons. The Morgan fingerprint density at radius 2 is 2.16 bits per heavy atom. The third-order valence-electron chi connectivity index (χ3n) is 6.32. The van der Waals surface area contributed by atoms with Crippen molar-refractivity contribution in [3.8, 4) is 12.1 Å². The maximum absolute atomic E-state index is 13.5. The van der Waals surface area contributed by atoms with Gasteiger partial charge in [-0.1, -0.05) is 6.58 Å². The minimum Gasteiger partial charge on any atom is -0.462 e. The van der Waals surface area contributed by atoms with Crippen molar-refractivity contribution in [1.29, 1.82) is 5.26 Å². The predicted molar refractivity (Wildman–Crippen MR) is 112 cm³/mol. The van der Waals surface area contributed by atoms with Gasteiger partial charge in [-0.05, 0) is 26.4 Å². The molecule has 0 spiro atoms. The third kappa shape index (κ3) is 4.48. The van der Waals surface area contributed by atoms with Crippen LogP contribution in [0.15, 0.2) is 12.4 Å². The van der Waals surface area contributed by atoms with Crippen LogP contribution in [0.5, 0.6) is 6.01 Å². The maximum atomic E-state index is 13.5. The number of aromatic nitrogens is 2. The summed E-state index contributed by atoms with van der Waals surface area (Å²) in [6.07, 6.45) is 2.37. The number of nitrogens with zero attached hydrogens (tertiary/aromatic N) is 6. The average Bonchev–Trinajstić information content (AvgIpc) is 3.39. The van der Waals surface area contributed by atoms with Gasteiger partial charge < -0.3 is 24.8 Å². The molecule has 0 aliphatic carbocycles. The number of carbonyl (C=O) groups excluding carboxylic acids is 1. The minimum atomic E-state index is -1.00. The molecular weight excluding hydrogens is 401 g/mol. The summed E-state index contributed by atoms with van der Waals surface area (Å²) in [5.74, 6) is -0.992. The Balaban J connectivity index is 1.54. The number of fused-ring (bicyclic) bond motifs is 1. The predicted octanol–water partition coefficient (Wildman–Crippen LogP) is 0.967. The lowest BCUT2D eigenvalue weighted by atomic mass is 10.1. The van der Waals surface area contributed by atoms with Crippen LogP contribution in [0.1, 0.15) is 30.5 Å². The number of piperazine rings is 1. The number of hydrogen-bond donors (Lipinski definition) is 1. The molecule has 9 nitrogen and oxygen atoms in total. The molecule has 4 rings (SSSR count). The van der Waals surface area contributed by atoms with Gasteiger partial charge in [0.05, 0.1) is 24.2 Å². The van der Waals surface area contributed by atoms with Gasteiger partial charge in [-0.3, -0.25) is 4.79 Å². The Morgan fingerprint density at radius 1 is 1.32 bits per heavy atom. The van der Waals surface area contributed by atoms with Gasteiger partial charge >= 0.3 is 6.01 Å². The van der Waals surface area contributed by atoms with Crippen LogP contribution in [0.3, 0.4) is 0 Å². The molecule has 1 amide bonds. The zero-order chi connectivity index (χ0) is 22.0. The van der Waals surface area contributed by atoms with Crippen molar-refractivity contribution in [3.05, 3.63) is 23.7 Å². The largest absolute Gasteiger partial charge is 0.462 e. The number of likely N-dealkylation sites (tertiary alicyclic amines) is 1. The molecule has 1 aromatic heterocycles. The van der Waals surface area contributed by atoms with Crippen LogP contribution >= 0.6 is 0 Å². The first kappa shape index (κ1) is 21.5. The van der Waals surface area contributed by atoms with E-state index in [1.165, 1.54) is 11.3 Å². The van der Waals surface area contributed by atoms with Crippen LogP contribution in [0.4, 0.5) is 10.2 Å². The number of carbonyl (C=O) groups is 1. The van der Waals surface area contributed by atoms with E-state index >= 15 is 0 Å². The second-order valence-corrected chi connectivity index (χ2v) is 8.31. The van der Waals surface area contributed by atoms with Crippen molar-refractivity contribution in [2.75, 3.05) is 44.7 Å². The van der Waals surface area contributed by atoms with E-state index in [0.29, 0.717) is 51.4 Å². The smallest absolute Gasteiger partial charge is 0.318 e. The summed E-state index contributed by atoms with van der Waals surface area (Å²) >= 11 is 0. The van der Waals surface area contributed by atoms with E-state index in [1.807, 2.05) is 0 Å². The van der Waals surface area contributed by atoms with Crippen LogP contribution in [0.2, 0.25) is 0 Å². The van der Waals surface area contributed by atoms with Crippen LogP contribution in [0, 0.1) is 11.3 Å². The number of ether oxygens (including phenoxy) is 1. The first-order valence-corrected chi connectivity index (χ1v) is 10.7. The molecule has 3 aliphatic heterocycles. The van der Waals surface area contributed by atoms with Crippen LogP contribution in [0.25, 0.3) is 0 Å². The highest BCUT2D eigenvalue weighted by Gasteiger charge is 2.34. The minimum absolute atomic E-state index is 0.110. The second kappa shape index (κ2) is 9.16. The van der Waals surface area contributed by atoms with Crippen LogP contribution in [-0.4, -0.2) is 77.6 Å².